The van der Waals surface area contributed by atoms with Crippen LogP contribution < -0.4 is 10.5 Å². The van der Waals surface area contributed by atoms with Gasteiger partial charge in [-0.25, -0.2) is 17.9 Å². The monoisotopic (exact) mass is 336 g/mol. The fourth-order valence-electron chi connectivity index (χ4n) is 2.08. The molecule has 0 radical (unpaired) electrons. The van der Waals surface area contributed by atoms with Gasteiger partial charge >= 0.3 is 0 Å². The molecule has 0 spiro atoms. The van der Waals surface area contributed by atoms with Gasteiger partial charge in [0.15, 0.2) is 0 Å². The Bertz CT molecular complexity index is 818. The van der Waals surface area contributed by atoms with Crippen LogP contribution in [-0.2, 0) is 21.2 Å². The third-order valence-corrected chi connectivity index (χ3v) is 4.28. The second-order valence-electron chi connectivity index (χ2n) is 5.20. The van der Waals surface area contributed by atoms with Gasteiger partial charge in [0.05, 0.1) is 4.90 Å². The Labute approximate surface area is 134 Å². The quantitative estimate of drug-likeness (QED) is 0.878. The molecule has 0 heterocycles. The number of nitrogens with two attached hydrogens (primary N) is 1. The number of carbonyl (C=O) groups excluding carboxylic acids is 1. The van der Waals surface area contributed by atoms with E-state index in [9.17, 15) is 17.6 Å². The molecule has 2 rings (SSSR count). The first-order valence-electron chi connectivity index (χ1n) is 6.93. The van der Waals surface area contributed by atoms with Crippen molar-refractivity contribution in [3.05, 3.63) is 59.4 Å². The average molecular weight is 336 g/mol. The van der Waals surface area contributed by atoms with Crippen LogP contribution in [0.15, 0.2) is 47.4 Å². The third-order valence-electron chi connectivity index (χ3n) is 3.36. The second-order valence-corrected chi connectivity index (χ2v) is 6.76. The summed E-state index contributed by atoms with van der Waals surface area (Å²) in [6, 6.07) is 10.2. The van der Waals surface area contributed by atoms with Crippen molar-refractivity contribution in [2.45, 2.75) is 24.7 Å². The molecule has 0 bridgehead atoms. The van der Waals surface area contributed by atoms with Crippen LogP contribution >= 0.6 is 0 Å². The van der Waals surface area contributed by atoms with Crippen molar-refractivity contribution in [2.75, 3.05) is 5.32 Å². The smallest absolute Gasteiger partial charge is 0.238 e. The second kappa shape index (κ2) is 6.89. The number of benzene rings is 2. The summed E-state index contributed by atoms with van der Waals surface area (Å²) in [7, 11) is -3.71. The molecule has 2 aromatic rings. The van der Waals surface area contributed by atoms with Crippen molar-refractivity contribution in [2.24, 2.45) is 5.14 Å². The minimum atomic E-state index is -3.71. The molecule has 23 heavy (non-hydrogen) atoms. The van der Waals surface area contributed by atoms with Crippen molar-refractivity contribution >= 4 is 21.6 Å². The first-order chi connectivity index (χ1) is 10.8. The van der Waals surface area contributed by atoms with Gasteiger partial charge in [-0.15, -0.1) is 0 Å². The van der Waals surface area contributed by atoms with Gasteiger partial charge < -0.3 is 5.32 Å². The minimum absolute atomic E-state index is 0.0349. The Morgan fingerprint density at radius 2 is 1.83 bits per heavy atom. The minimum Gasteiger partial charge on any atom is -0.326 e. The zero-order valence-corrected chi connectivity index (χ0v) is 13.4. The van der Waals surface area contributed by atoms with Crippen LogP contribution in [0.4, 0.5) is 10.1 Å². The summed E-state index contributed by atoms with van der Waals surface area (Å²) in [5.41, 5.74) is 2.04. The number of anilines is 1. The highest BCUT2D eigenvalue weighted by atomic mass is 32.2. The van der Waals surface area contributed by atoms with E-state index in [1.54, 1.807) is 19.1 Å². The summed E-state index contributed by atoms with van der Waals surface area (Å²) in [6.07, 6.45) is 0.683. The number of halogens is 1. The molecule has 0 saturated heterocycles. The largest absolute Gasteiger partial charge is 0.326 e. The summed E-state index contributed by atoms with van der Waals surface area (Å²) in [5.74, 6) is -0.550. The van der Waals surface area contributed by atoms with Crippen LogP contribution in [0.3, 0.4) is 0 Å². The van der Waals surface area contributed by atoms with E-state index in [0.717, 1.165) is 5.56 Å². The summed E-state index contributed by atoms with van der Waals surface area (Å²) >= 11 is 0. The Morgan fingerprint density at radius 3 is 2.39 bits per heavy atom. The number of hydrogen-bond acceptors (Lipinski definition) is 3. The first-order valence-corrected chi connectivity index (χ1v) is 8.48. The Hall–Kier alpha value is -2.25. The maximum Gasteiger partial charge on any atom is 0.238 e. The lowest BCUT2D eigenvalue weighted by molar-refractivity contribution is -0.116. The lowest BCUT2D eigenvalue weighted by atomic mass is 10.1. The predicted molar refractivity (Wildman–Crippen MR) is 85.9 cm³/mol. The van der Waals surface area contributed by atoms with E-state index in [1.165, 1.54) is 30.3 Å². The zero-order chi connectivity index (χ0) is 17.0. The van der Waals surface area contributed by atoms with Crippen LogP contribution in [0, 0.1) is 12.7 Å². The van der Waals surface area contributed by atoms with Crippen molar-refractivity contribution in [1.29, 1.82) is 0 Å². The van der Waals surface area contributed by atoms with Crippen molar-refractivity contribution in [1.82, 2.24) is 0 Å². The maximum absolute atomic E-state index is 13.0. The molecule has 7 heteroatoms. The van der Waals surface area contributed by atoms with Crippen molar-refractivity contribution < 1.29 is 17.6 Å². The summed E-state index contributed by atoms with van der Waals surface area (Å²) < 4.78 is 35.3. The molecule has 0 saturated carbocycles. The molecule has 0 aliphatic heterocycles. The molecule has 0 fully saturated rings. The van der Waals surface area contributed by atoms with E-state index >= 15 is 0 Å². The molecular weight excluding hydrogens is 319 g/mol. The number of nitrogens with one attached hydrogen (secondary N) is 1. The molecule has 2 aromatic carbocycles. The molecule has 0 aliphatic rings. The topological polar surface area (TPSA) is 89.3 Å². The zero-order valence-electron chi connectivity index (χ0n) is 12.5. The number of sulfonamides is 1. The van der Waals surface area contributed by atoms with Gasteiger partial charge in [-0.3, -0.25) is 4.79 Å². The number of hydrogen-bond donors (Lipinski definition) is 2. The van der Waals surface area contributed by atoms with Gasteiger partial charge in [0.25, 0.3) is 0 Å². The van der Waals surface area contributed by atoms with E-state index in [1.807, 2.05) is 0 Å². The van der Waals surface area contributed by atoms with Gasteiger partial charge in [0.2, 0.25) is 15.9 Å². The maximum atomic E-state index is 13.0. The van der Waals surface area contributed by atoms with Crippen molar-refractivity contribution in [3.63, 3.8) is 0 Å². The molecule has 5 nitrogen and oxygen atoms in total. The Balaban J connectivity index is 1.94. The van der Waals surface area contributed by atoms with Gasteiger partial charge in [-0.2, -0.15) is 0 Å². The van der Waals surface area contributed by atoms with Crippen LogP contribution in [0.1, 0.15) is 17.5 Å². The molecule has 0 atom stereocenters. The fourth-order valence-corrected chi connectivity index (χ4v) is 2.60. The van der Waals surface area contributed by atoms with E-state index in [0.29, 0.717) is 17.7 Å². The van der Waals surface area contributed by atoms with Crippen LogP contribution in [0.5, 0.6) is 0 Å². The lowest BCUT2D eigenvalue weighted by Crippen LogP contribution is -2.14. The highest BCUT2D eigenvalue weighted by Crippen LogP contribution is 2.16. The predicted octanol–water partition coefficient (Wildman–Crippen LogP) is 2.35. The van der Waals surface area contributed by atoms with Gasteiger partial charge in [-0.1, -0.05) is 12.1 Å². The SMILES string of the molecule is Cc1cc(F)ccc1NC(=O)CCc1ccc(S(N)(=O)=O)cc1. The number of amides is 1. The van der Waals surface area contributed by atoms with Gasteiger partial charge in [0, 0.05) is 12.1 Å². The Morgan fingerprint density at radius 1 is 1.17 bits per heavy atom. The van der Waals surface area contributed by atoms with E-state index in [-0.39, 0.29) is 23.0 Å². The van der Waals surface area contributed by atoms with E-state index in [4.69, 9.17) is 5.14 Å². The summed E-state index contributed by atoms with van der Waals surface area (Å²) in [5, 5.41) is 7.74. The van der Waals surface area contributed by atoms with Gasteiger partial charge in [-0.05, 0) is 54.8 Å². The van der Waals surface area contributed by atoms with Crippen LogP contribution in [0.25, 0.3) is 0 Å². The summed E-state index contributed by atoms with van der Waals surface area (Å²) in [6.45, 7) is 1.71. The summed E-state index contributed by atoms with van der Waals surface area (Å²) in [4.78, 5) is 12.0. The molecule has 0 unspecified atom stereocenters. The standard InChI is InChI=1S/C16H17FN2O3S/c1-11-10-13(17)5-8-15(11)19-16(20)9-4-12-2-6-14(7-3-12)23(18,21)22/h2-3,5-8,10H,4,9H2,1H3,(H,19,20)(H2,18,21,22). The van der Waals surface area contributed by atoms with Crippen LogP contribution in [0.2, 0.25) is 0 Å². The number of carbonyl (C=O) groups is 1. The fraction of sp³-hybridized carbons (Fsp3) is 0.188. The van der Waals surface area contributed by atoms with Crippen molar-refractivity contribution in [3.8, 4) is 0 Å². The van der Waals surface area contributed by atoms with E-state index in [2.05, 4.69) is 5.32 Å². The van der Waals surface area contributed by atoms with Gasteiger partial charge in [0.1, 0.15) is 5.82 Å². The number of aryl methyl sites for hydroxylation is 2. The molecule has 122 valence electrons. The number of primary sulfonamides is 1. The van der Waals surface area contributed by atoms with E-state index < -0.39 is 10.0 Å². The van der Waals surface area contributed by atoms with Crippen LogP contribution in [-0.4, -0.2) is 14.3 Å². The highest BCUT2D eigenvalue weighted by molar-refractivity contribution is 7.89. The normalized spacial score (nSPS) is 11.3. The number of rotatable bonds is 5. The molecule has 0 aromatic heterocycles. The highest BCUT2D eigenvalue weighted by Gasteiger charge is 2.09. The Kier molecular flexibility index (Phi) is 5.12. The average Bonchev–Trinajstić information content (AvgIpc) is 2.47. The molecule has 0 aliphatic carbocycles. The lowest BCUT2D eigenvalue weighted by Gasteiger charge is -2.08. The molecular formula is C16H17FN2O3S. The molecule has 3 N–H and O–H groups in total. The molecule has 1 amide bonds. The first kappa shape index (κ1) is 17.1. The third kappa shape index (κ3) is 4.87.